The smallest absolute Gasteiger partial charge is 0.226 e. The molecule has 2 saturated carbocycles. The molecule has 3 unspecified atom stereocenters. The van der Waals surface area contributed by atoms with Crippen molar-refractivity contribution in [1.29, 1.82) is 0 Å². The van der Waals surface area contributed by atoms with Crippen LogP contribution in [0.5, 0.6) is 5.75 Å². The van der Waals surface area contributed by atoms with Gasteiger partial charge in [-0.3, -0.25) is 4.79 Å². The van der Waals surface area contributed by atoms with Gasteiger partial charge < -0.3 is 21.3 Å². The molecule has 3 aliphatic rings. The number of thiazole rings is 1. The number of aromatic hydroxyl groups is 1. The number of aliphatic hydroxyl groups is 1. The Bertz CT molecular complexity index is 1170. The van der Waals surface area contributed by atoms with Gasteiger partial charge in [-0.05, 0) is 137 Å². The van der Waals surface area contributed by atoms with Crippen LogP contribution in [0.3, 0.4) is 0 Å². The van der Waals surface area contributed by atoms with Crippen LogP contribution in [0.25, 0.3) is 0 Å². The molecule has 0 saturated heterocycles. The summed E-state index contributed by atoms with van der Waals surface area (Å²) in [5.74, 6) is 1.65. The van der Waals surface area contributed by atoms with Gasteiger partial charge in [-0.1, -0.05) is 6.92 Å². The first-order valence-electron chi connectivity index (χ1n) is 12.9. The van der Waals surface area contributed by atoms with Crippen molar-refractivity contribution in [3.63, 3.8) is 0 Å². The standard InChI is InChI=1S/C27H35Br2N3O3S/c1-14-13-31-25(36-14)32-21(33)6-3-15-12-27(35,9-10-30)26(2)8-7-16-17(22(15)26)4-5-18-19(16)11-20(28)24(34)23(18)29/h11,13,15-17,22,34-35H,3-10,12,30H2,1-2H3,(H,31,32,33)/t15-,16?,17?,22?,26+,27+/m1/s1. The zero-order valence-corrected chi connectivity index (χ0v) is 24.8. The molecule has 2 aromatic rings. The van der Waals surface area contributed by atoms with Crippen LogP contribution in [-0.2, 0) is 11.2 Å². The molecule has 9 heteroatoms. The van der Waals surface area contributed by atoms with E-state index >= 15 is 0 Å². The first kappa shape index (κ1) is 26.6. The first-order valence-corrected chi connectivity index (χ1v) is 15.3. The van der Waals surface area contributed by atoms with Crippen molar-refractivity contribution in [3.05, 3.63) is 37.2 Å². The third-order valence-electron chi connectivity index (χ3n) is 9.48. The zero-order valence-electron chi connectivity index (χ0n) is 20.8. The zero-order chi connectivity index (χ0) is 25.8. The lowest BCUT2D eigenvalue weighted by Crippen LogP contribution is -2.52. The molecular weight excluding hydrogens is 606 g/mol. The Labute approximate surface area is 233 Å². The molecule has 196 valence electrons. The van der Waals surface area contributed by atoms with E-state index in [9.17, 15) is 15.0 Å². The summed E-state index contributed by atoms with van der Waals surface area (Å²) in [6.45, 7) is 4.72. The van der Waals surface area contributed by atoms with Gasteiger partial charge in [-0.2, -0.15) is 0 Å². The maximum absolute atomic E-state index is 12.8. The summed E-state index contributed by atoms with van der Waals surface area (Å²) >= 11 is 8.67. The van der Waals surface area contributed by atoms with Crippen LogP contribution in [0, 0.1) is 30.1 Å². The average Bonchev–Trinajstić information content (AvgIpc) is 3.33. The van der Waals surface area contributed by atoms with Gasteiger partial charge in [0.1, 0.15) is 5.75 Å². The number of hydrogen-bond donors (Lipinski definition) is 4. The number of nitrogens with zero attached hydrogens (tertiary/aromatic N) is 1. The van der Waals surface area contributed by atoms with Crippen LogP contribution in [0.1, 0.15) is 73.8 Å². The minimum Gasteiger partial charge on any atom is -0.506 e. The van der Waals surface area contributed by atoms with Crippen molar-refractivity contribution in [1.82, 2.24) is 4.98 Å². The number of phenolic OH excluding ortho intramolecular Hbond substituents is 1. The molecule has 0 bridgehead atoms. The van der Waals surface area contributed by atoms with Crippen molar-refractivity contribution in [2.75, 3.05) is 11.9 Å². The number of phenols is 1. The van der Waals surface area contributed by atoms with Crippen molar-refractivity contribution in [2.45, 2.75) is 76.7 Å². The van der Waals surface area contributed by atoms with E-state index in [-0.39, 0.29) is 23.0 Å². The Morgan fingerprint density at radius 2 is 2.14 bits per heavy atom. The number of nitrogens with two attached hydrogens (primary N) is 1. The molecule has 6 atom stereocenters. The summed E-state index contributed by atoms with van der Waals surface area (Å²) in [6, 6.07) is 2.11. The lowest BCUT2D eigenvalue weighted by molar-refractivity contribution is -0.116. The van der Waals surface area contributed by atoms with Crippen LogP contribution < -0.4 is 11.1 Å². The third kappa shape index (κ3) is 4.36. The third-order valence-corrected chi connectivity index (χ3v) is 11.8. The molecular formula is C27H35Br2N3O3S. The highest BCUT2D eigenvalue weighted by Gasteiger charge is 2.64. The van der Waals surface area contributed by atoms with E-state index in [2.05, 4.69) is 55.2 Å². The molecule has 6 nitrogen and oxygen atoms in total. The largest absolute Gasteiger partial charge is 0.506 e. The van der Waals surface area contributed by atoms with Crippen molar-refractivity contribution >= 4 is 54.2 Å². The summed E-state index contributed by atoms with van der Waals surface area (Å²) in [5, 5.41) is 26.1. The predicted octanol–water partition coefficient (Wildman–Crippen LogP) is 6.26. The van der Waals surface area contributed by atoms with Crippen LogP contribution in [-0.4, -0.2) is 33.3 Å². The number of aromatic nitrogens is 1. The van der Waals surface area contributed by atoms with Crippen LogP contribution in [0.15, 0.2) is 21.2 Å². The average molecular weight is 641 g/mol. The van der Waals surface area contributed by atoms with Gasteiger partial charge in [0.05, 0.1) is 14.5 Å². The number of carbonyl (C=O) groups excluding carboxylic acids is 1. The second kappa shape index (κ2) is 9.95. The lowest BCUT2D eigenvalue weighted by Gasteiger charge is -2.54. The lowest BCUT2D eigenvalue weighted by atomic mass is 9.51. The highest BCUT2D eigenvalue weighted by Crippen LogP contribution is 2.68. The van der Waals surface area contributed by atoms with E-state index in [0.717, 1.165) is 45.9 Å². The Morgan fingerprint density at radius 1 is 1.36 bits per heavy atom. The number of benzene rings is 1. The normalized spacial score (nSPS) is 33.1. The van der Waals surface area contributed by atoms with Crippen molar-refractivity contribution in [2.24, 2.45) is 28.9 Å². The number of anilines is 1. The second-order valence-electron chi connectivity index (χ2n) is 11.3. The Hall–Kier alpha value is -1.000. The number of halogens is 2. The van der Waals surface area contributed by atoms with E-state index in [4.69, 9.17) is 5.73 Å². The quantitative estimate of drug-likeness (QED) is 0.298. The minimum atomic E-state index is -0.804. The molecule has 0 radical (unpaired) electrons. The number of nitrogens with one attached hydrogen (secondary N) is 1. The van der Waals surface area contributed by atoms with E-state index in [1.807, 2.05) is 6.92 Å². The number of carbonyl (C=O) groups is 1. The number of rotatable bonds is 6. The fourth-order valence-electron chi connectivity index (χ4n) is 7.91. The van der Waals surface area contributed by atoms with E-state index in [0.29, 0.717) is 48.7 Å². The molecule has 2 fully saturated rings. The monoisotopic (exact) mass is 639 g/mol. The van der Waals surface area contributed by atoms with Gasteiger partial charge in [0.25, 0.3) is 0 Å². The van der Waals surface area contributed by atoms with Gasteiger partial charge in [0, 0.05) is 17.5 Å². The fraction of sp³-hybridized carbons (Fsp3) is 0.630. The number of amides is 1. The number of hydrogen-bond acceptors (Lipinski definition) is 6. The molecule has 5 rings (SSSR count). The van der Waals surface area contributed by atoms with E-state index < -0.39 is 5.60 Å². The minimum absolute atomic E-state index is 0.00926. The Kier molecular flexibility index (Phi) is 7.35. The van der Waals surface area contributed by atoms with Gasteiger partial charge in [-0.25, -0.2) is 4.98 Å². The van der Waals surface area contributed by atoms with Gasteiger partial charge in [0.15, 0.2) is 5.13 Å². The summed E-state index contributed by atoms with van der Waals surface area (Å²) in [7, 11) is 0. The summed E-state index contributed by atoms with van der Waals surface area (Å²) in [4.78, 5) is 18.1. The second-order valence-corrected chi connectivity index (χ2v) is 14.2. The first-order chi connectivity index (χ1) is 17.1. The molecule has 1 heterocycles. The molecule has 36 heavy (non-hydrogen) atoms. The maximum Gasteiger partial charge on any atom is 0.226 e. The van der Waals surface area contributed by atoms with Gasteiger partial charge in [0.2, 0.25) is 5.91 Å². The fourth-order valence-corrected chi connectivity index (χ4v) is 9.95. The maximum atomic E-state index is 12.8. The van der Waals surface area contributed by atoms with E-state index in [1.165, 1.54) is 22.5 Å². The van der Waals surface area contributed by atoms with Crippen molar-refractivity contribution < 1.29 is 15.0 Å². The number of fused-ring (bicyclic) bond motifs is 5. The highest BCUT2D eigenvalue weighted by molar-refractivity contribution is 9.11. The summed E-state index contributed by atoms with van der Waals surface area (Å²) in [6.07, 6.45) is 8.12. The topological polar surface area (TPSA) is 108 Å². The van der Waals surface area contributed by atoms with Crippen LogP contribution >= 0.6 is 43.2 Å². The number of aryl methyl sites for hydroxylation is 1. The molecule has 1 amide bonds. The van der Waals surface area contributed by atoms with Crippen LogP contribution in [0.4, 0.5) is 5.13 Å². The summed E-state index contributed by atoms with van der Waals surface area (Å²) in [5.41, 5.74) is 7.51. The Balaban J connectivity index is 1.42. The molecule has 1 aromatic heterocycles. The van der Waals surface area contributed by atoms with Gasteiger partial charge in [-0.15, -0.1) is 11.3 Å². The Morgan fingerprint density at radius 3 is 2.83 bits per heavy atom. The molecule has 0 spiro atoms. The molecule has 5 N–H and O–H groups in total. The van der Waals surface area contributed by atoms with Gasteiger partial charge >= 0.3 is 0 Å². The highest BCUT2D eigenvalue weighted by atomic mass is 79.9. The SMILES string of the molecule is Cc1cnc(NC(=O)CC[C@@H]2C[C@@](O)(CCN)[C@@]3(C)CCC4c5cc(Br)c(O)c(Br)c5CCC4C23)s1. The van der Waals surface area contributed by atoms with E-state index in [1.54, 1.807) is 6.20 Å². The molecule has 1 aromatic carbocycles. The van der Waals surface area contributed by atoms with Crippen molar-refractivity contribution in [3.8, 4) is 5.75 Å². The summed E-state index contributed by atoms with van der Waals surface area (Å²) < 4.78 is 1.52. The molecule has 0 aliphatic heterocycles. The van der Waals surface area contributed by atoms with Crippen LogP contribution in [0.2, 0.25) is 0 Å². The molecule has 3 aliphatic carbocycles. The predicted molar refractivity (Wildman–Crippen MR) is 150 cm³/mol.